The number of ether oxygens (including phenoxy) is 2. The molecule has 1 fully saturated rings. The van der Waals surface area contributed by atoms with Crippen LogP contribution < -0.4 is 9.47 Å². The number of benzene rings is 1. The molecule has 8 nitrogen and oxygen atoms in total. The SMILES string of the molecule is Cc1noc(-c2ccccc2C(=O)N2C[C@H](Oc3cc(OCC(F)F)ccn3)CC[C@H]2C)n1. The molecule has 10 heteroatoms. The van der Waals surface area contributed by atoms with Crippen molar-refractivity contribution in [1.82, 2.24) is 20.0 Å². The summed E-state index contributed by atoms with van der Waals surface area (Å²) in [6.07, 6.45) is 0.0216. The van der Waals surface area contributed by atoms with Gasteiger partial charge in [-0.05, 0) is 44.9 Å². The Morgan fingerprint density at radius 1 is 1.27 bits per heavy atom. The molecule has 1 aliphatic rings. The summed E-state index contributed by atoms with van der Waals surface area (Å²) in [5.41, 5.74) is 1.04. The molecule has 0 N–H and O–H groups in total. The van der Waals surface area contributed by atoms with Gasteiger partial charge in [-0.2, -0.15) is 4.98 Å². The molecule has 174 valence electrons. The molecule has 1 saturated heterocycles. The Bertz CT molecular complexity index is 1110. The van der Waals surface area contributed by atoms with Crippen LogP contribution in [0.15, 0.2) is 47.1 Å². The van der Waals surface area contributed by atoms with Crippen LogP contribution in [0.2, 0.25) is 0 Å². The summed E-state index contributed by atoms with van der Waals surface area (Å²) in [5, 5.41) is 3.82. The Kier molecular flexibility index (Phi) is 6.81. The Labute approximate surface area is 189 Å². The predicted molar refractivity (Wildman–Crippen MR) is 114 cm³/mol. The minimum atomic E-state index is -2.57. The van der Waals surface area contributed by atoms with Crippen LogP contribution >= 0.6 is 0 Å². The van der Waals surface area contributed by atoms with Gasteiger partial charge in [0.25, 0.3) is 18.2 Å². The Morgan fingerprint density at radius 3 is 2.85 bits per heavy atom. The van der Waals surface area contributed by atoms with E-state index >= 15 is 0 Å². The zero-order chi connectivity index (χ0) is 23.4. The van der Waals surface area contributed by atoms with E-state index in [0.29, 0.717) is 29.4 Å². The van der Waals surface area contributed by atoms with Crippen LogP contribution in [0.1, 0.15) is 35.9 Å². The molecule has 0 aliphatic carbocycles. The molecule has 0 bridgehead atoms. The number of pyridine rings is 1. The molecule has 3 aromatic rings. The van der Waals surface area contributed by atoms with Crippen LogP contribution in [0.4, 0.5) is 8.78 Å². The van der Waals surface area contributed by atoms with Crippen molar-refractivity contribution < 1.29 is 27.6 Å². The first-order chi connectivity index (χ1) is 15.9. The number of halogens is 2. The first kappa shape index (κ1) is 22.6. The lowest BCUT2D eigenvalue weighted by Gasteiger charge is -2.38. The summed E-state index contributed by atoms with van der Waals surface area (Å²) in [7, 11) is 0. The summed E-state index contributed by atoms with van der Waals surface area (Å²) in [6, 6.07) is 10.1. The zero-order valence-corrected chi connectivity index (χ0v) is 18.3. The standard InChI is InChI=1S/C23H24F2N4O4/c1-14-7-8-17(32-21-11-16(9-10-26-21)31-13-20(24)25)12-29(14)23(30)19-6-4-3-5-18(19)22-27-15(2)28-33-22/h3-6,9-11,14,17,20H,7-8,12-13H2,1-2H3/t14-,17-/m1/s1. The Morgan fingerprint density at radius 2 is 2.09 bits per heavy atom. The molecule has 3 heterocycles. The smallest absolute Gasteiger partial charge is 0.272 e. The zero-order valence-electron chi connectivity index (χ0n) is 18.3. The fraction of sp³-hybridized carbons (Fsp3) is 0.391. The minimum Gasteiger partial charge on any atom is -0.487 e. The number of aryl methyl sites for hydroxylation is 1. The third kappa shape index (κ3) is 5.44. The highest BCUT2D eigenvalue weighted by molar-refractivity contribution is 6.00. The van der Waals surface area contributed by atoms with E-state index in [1.165, 1.54) is 18.3 Å². The quantitative estimate of drug-likeness (QED) is 0.525. The fourth-order valence-corrected chi connectivity index (χ4v) is 3.75. The number of likely N-dealkylation sites (tertiary alicyclic amines) is 1. The lowest BCUT2D eigenvalue weighted by atomic mass is 9.98. The fourth-order valence-electron chi connectivity index (χ4n) is 3.75. The molecule has 0 radical (unpaired) electrons. The van der Waals surface area contributed by atoms with Crippen molar-refractivity contribution in [2.24, 2.45) is 0 Å². The molecule has 1 aliphatic heterocycles. The number of amides is 1. The van der Waals surface area contributed by atoms with Gasteiger partial charge in [-0.25, -0.2) is 13.8 Å². The highest BCUT2D eigenvalue weighted by atomic mass is 19.3. The molecule has 0 unspecified atom stereocenters. The number of aromatic nitrogens is 3. The first-order valence-corrected chi connectivity index (χ1v) is 10.6. The van der Waals surface area contributed by atoms with E-state index in [9.17, 15) is 13.6 Å². The van der Waals surface area contributed by atoms with Crippen molar-refractivity contribution in [3.05, 3.63) is 54.0 Å². The van der Waals surface area contributed by atoms with E-state index in [-0.39, 0.29) is 29.7 Å². The van der Waals surface area contributed by atoms with E-state index in [1.807, 2.05) is 13.0 Å². The van der Waals surface area contributed by atoms with Crippen LogP contribution in [0.3, 0.4) is 0 Å². The molecule has 2 atom stereocenters. The van der Waals surface area contributed by atoms with Crippen LogP contribution in [-0.2, 0) is 0 Å². The van der Waals surface area contributed by atoms with E-state index in [0.717, 1.165) is 12.8 Å². The third-order valence-electron chi connectivity index (χ3n) is 5.38. The van der Waals surface area contributed by atoms with Gasteiger partial charge >= 0.3 is 0 Å². The molecular formula is C23H24F2N4O4. The Balaban J connectivity index is 1.49. The number of hydrogen-bond donors (Lipinski definition) is 0. The van der Waals surface area contributed by atoms with Gasteiger partial charge in [0.15, 0.2) is 5.82 Å². The monoisotopic (exact) mass is 458 g/mol. The van der Waals surface area contributed by atoms with Gasteiger partial charge in [0.05, 0.1) is 17.7 Å². The van der Waals surface area contributed by atoms with Gasteiger partial charge in [-0.1, -0.05) is 17.3 Å². The molecule has 1 amide bonds. The number of carbonyl (C=O) groups is 1. The van der Waals surface area contributed by atoms with Gasteiger partial charge in [0.1, 0.15) is 18.5 Å². The average Bonchev–Trinajstić information content (AvgIpc) is 3.25. The van der Waals surface area contributed by atoms with Gasteiger partial charge in [-0.3, -0.25) is 4.79 Å². The summed E-state index contributed by atoms with van der Waals surface area (Å²) in [6.45, 7) is 3.35. The largest absolute Gasteiger partial charge is 0.487 e. The summed E-state index contributed by atoms with van der Waals surface area (Å²) in [4.78, 5) is 23.6. The van der Waals surface area contributed by atoms with E-state index < -0.39 is 13.0 Å². The second kappa shape index (κ2) is 9.93. The highest BCUT2D eigenvalue weighted by Crippen LogP contribution is 2.28. The molecule has 4 rings (SSSR count). The van der Waals surface area contributed by atoms with Crippen molar-refractivity contribution in [1.29, 1.82) is 0 Å². The predicted octanol–water partition coefficient (Wildman–Crippen LogP) is 4.16. The number of piperidine rings is 1. The van der Waals surface area contributed by atoms with Gasteiger partial charge < -0.3 is 18.9 Å². The summed E-state index contributed by atoms with van der Waals surface area (Å²) >= 11 is 0. The van der Waals surface area contributed by atoms with Crippen LogP contribution in [-0.4, -0.2) is 57.7 Å². The number of hydrogen-bond acceptors (Lipinski definition) is 7. The molecular weight excluding hydrogens is 434 g/mol. The Hall–Kier alpha value is -3.56. The first-order valence-electron chi connectivity index (χ1n) is 10.6. The molecule has 0 spiro atoms. The van der Waals surface area contributed by atoms with Crippen LogP contribution in [0.25, 0.3) is 11.5 Å². The van der Waals surface area contributed by atoms with E-state index in [2.05, 4.69) is 15.1 Å². The highest BCUT2D eigenvalue weighted by Gasteiger charge is 2.32. The van der Waals surface area contributed by atoms with Crippen molar-refractivity contribution in [2.45, 2.75) is 45.3 Å². The minimum absolute atomic E-state index is 0.00324. The molecule has 2 aromatic heterocycles. The van der Waals surface area contributed by atoms with Crippen LogP contribution in [0.5, 0.6) is 11.6 Å². The summed E-state index contributed by atoms with van der Waals surface area (Å²) in [5.74, 6) is 1.12. The molecule has 0 saturated carbocycles. The second-order valence-electron chi connectivity index (χ2n) is 7.85. The number of rotatable bonds is 7. The van der Waals surface area contributed by atoms with Crippen molar-refractivity contribution in [3.8, 4) is 23.1 Å². The van der Waals surface area contributed by atoms with Crippen molar-refractivity contribution in [3.63, 3.8) is 0 Å². The van der Waals surface area contributed by atoms with Gasteiger partial charge in [0, 0.05) is 18.3 Å². The maximum absolute atomic E-state index is 13.5. The van der Waals surface area contributed by atoms with Crippen molar-refractivity contribution in [2.75, 3.05) is 13.2 Å². The van der Waals surface area contributed by atoms with Gasteiger partial charge in [-0.15, -0.1) is 0 Å². The topological polar surface area (TPSA) is 90.6 Å². The average molecular weight is 458 g/mol. The maximum atomic E-state index is 13.5. The maximum Gasteiger partial charge on any atom is 0.272 e. The number of nitrogens with zero attached hydrogens (tertiary/aromatic N) is 4. The number of carbonyl (C=O) groups excluding carboxylic acids is 1. The summed E-state index contributed by atoms with van der Waals surface area (Å²) < 4.78 is 41.1. The second-order valence-corrected chi connectivity index (χ2v) is 7.85. The van der Waals surface area contributed by atoms with Crippen molar-refractivity contribution >= 4 is 5.91 Å². The normalized spacial score (nSPS) is 18.4. The third-order valence-corrected chi connectivity index (χ3v) is 5.38. The van der Waals surface area contributed by atoms with Gasteiger partial charge in [0.2, 0.25) is 5.88 Å². The van der Waals surface area contributed by atoms with Crippen LogP contribution in [0, 0.1) is 6.92 Å². The lowest BCUT2D eigenvalue weighted by Crippen LogP contribution is -2.49. The van der Waals surface area contributed by atoms with E-state index in [4.69, 9.17) is 14.0 Å². The molecule has 1 aromatic carbocycles. The van der Waals surface area contributed by atoms with E-state index in [1.54, 1.807) is 30.0 Å². The number of alkyl halides is 2. The lowest BCUT2D eigenvalue weighted by molar-refractivity contribution is 0.0371. The molecule has 33 heavy (non-hydrogen) atoms.